The molecular weight excluding hydrogens is 304 g/mol. The summed E-state index contributed by atoms with van der Waals surface area (Å²) < 4.78 is 1.00. The molecule has 0 spiro atoms. The van der Waals surface area contributed by atoms with E-state index in [0.717, 1.165) is 53.3 Å². The summed E-state index contributed by atoms with van der Waals surface area (Å²) in [6.45, 7) is 1.25. The molecule has 0 aliphatic rings. The van der Waals surface area contributed by atoms with Gasteiger partial charge in [-0.1, -0.05) is 25.0 Å². The van der Waals surface area contributed by atoms with Crippen LogP contribution in [-0.4, -0.2) is 23.2 Å². The molecule has 0 saturated carbocycles. The van der Waals surface area contributed by atoms with Crippen molar-refractivity contribution < 1.29 is 5.11 Å². The summed E-state index contributed by atoms with van der Waals surface area (Å²) in [6, 6.07) is 8.26. The third kappa shape index (κ3) is 4.18. The van der Waals surface area contributed by atoms with Crippen LogP contribution in [0.5, 0.6) is 0 Å². The number of benzene rings is 1. The summed E-state index contributed by atoms with van der Waals surface area (Å²) in [7, 11) is 0. The second-order valence-electron chi connectivity index (χ2n) is 4.60. The zero-order valence-corrected chi connectivity index (χ0v) is 12.5. The Morgan fingerprint density at radius 1 is 1.16 bits per heavy atom. The van der Waals surface area contributed by atoms with E-state index in [9.17, 15) is 0 Å². The molecule has 1 aromatic carbocycles. The summed E-state index contributed by atoms with van der Waals surface area (Å²) in [6.07, 6.45) is 6.10. The van der Waals surface area contributed by atoms with Crippen LogP contribution in [0.1, 0.15) is 25.7 Å². The number of nitrogens with one attached hydrogen (secondary N) is 1. The number of fused-ring (bicyclic) bond motifs is 1. The quantitative estimate of drug-likeness (QED) is 0.758. The third-order valence-corrected chi connectivity index (χ3v) is 3.51. The lowest BCUT2D eigenvalue weighted by Crippen LogP contribution is -2.02. The highest BCUT2D eigenvalue weighted by Crippen LogP contribution is 2.23. The second kappa shape index (κ2) is 7.46. The maximum absolute atomic E-state index is 8.71. The van der Waals surface area contributed by atoms with Crippen LogP contribution < -0.4 is 5.32 Å². The number of nitrogens with zero attached hydrogens (tertiary/aromatic N) is 1. The lowest BCUT2D eigenvalue weighted by atomic mass is 10.1. The van der Waals surface area contributed by atoms with Crippen molar-refractivity contribution in [2.75, 3.05) is 18.5 Å². The second-order valence-corrected chi connectivity index (χ2v) is 5.51. The fourth-order valence-electron chi connectivity index (χ4n) is 2.09. The number of hydrogen-bond acceptors (Lipinski definition) is 3. The third-order valence-electron chi connectivity index (χ3n) is 3.08. The van der Waals surface area contributed by atoms with Gasteiger partial charge in [0.2, 0.25) is 0 Å². The Kier molecular flexibility index (Phi) is 5.61. The molecule has 0 radical (unpaired) electrons. The fraction of sp³-hybridized carbons (Fsp3) is 0.400. The summed E-state index contributed by atoms with van der Waals surface area (Å²) in [5, 5.41) is 13.3. The zero-order chi connectivity index (χ0) is 13.5. The minimum Gasteiger partial charge on any atom is -0.396 e. The van der Waals surface area contributed by atoms with Crippen LogP contribution in [-0.2, 0) is 0 Å². The van der Waals surface area contributed by atoms with Gasteiger partial charge in [0, 0.05) is 29.2 Å². The lowest BCUT2D eigenvalue weighted by molar-refractivity contribution is 0.283. The van der Waals surface area contributed by atoms with Crippen LogP contribution in [0.3, 0.4) is 0 Å². The molecule has 0 aliphatic carbocycles. The Morgan fingerprint density at radius 2 is 2.00 bits per heavy atom. The van der Waals surface area contributed by atoms with Gasteiger partial charge < -0.3 is 10.4 Å². The van der Waals surface area contributed by atoms with Gasteiger partial charge in [0.1, 0.15) is 0 Å². The summed E-state index contributed by atoms with van der Waals surface area (Å²) in [5.41, 5.74) is 2.10. The van der Waals surface area contributed by atoms with Gasteiger partial charge >= 0.3 is 0 Å². The predicted molar refractivity (Wildman–Crippen MR) is 83.5 cm³/mol. The van der Waals surface area contributed by atoms with E-state index in [0.29, 0.717) is 6.61 Å². The van der Waals surface area contributed by atoms with E-state index in [-0.39, 0.29) is 0 Å². The molecule has 0 bridgehead atoms. The Hall–Kier alpha value is -1.13. The smallest absolute Gasteiger partial charge is 0.0934 e. The number of aromatic nitrogens is 1. The Bertz CT molecular complexity index is 531. The first kappa shape index (κ1) is 14.3. The average Bonchev–Trinajstić information content (AvgIpc) is 2.42. The molecule has 1 aromatic heterocycles. The van der Waals surface area contributed by atoms with Crippen LogP contribution >= 0.6 is 15.9 Å². The molecular formula is C15H19BrN2O. The molecule has 3 nitrogen and oxygen atoms in total. The number of aliphatic hydroxyl groups excluding tert-OH is 1. The first-order valence-corrected chi connectivity index (χ1v) is 7.49. The molecule has 0 unspecified atom stereocenters. The van der Waals surface area contributed by atoms with Crippen LogP contribution in [0.15, 0.2) is 34.9 Å². The van der Waals surface area contributed by atoms with E-state index >= 15 is 0 Å². The van der Waals surface area contributed by atoms with Gasteiger partial charge in [0.15, 0.2) is 0 Å². The molecule has 2 N–H and O–H groups in total. The Labute approximate surface area is 122 Å². The first-order chi connectivity index (χ1) is 9.31. The van der Waals surface area contributed by atoms with Crippen molar-refractivity contribution in [1.29, 1.82) is 0 Å². The van der Waals surface area contributed by atoms with E-state index in [4.69, 9.17) is 5.11 Å². The van der Waals surface area contributed by atoms with Crippen LogP contribution in [0, 0.1) is 0 Å². The number of para-hydroxylation sites is 1. The number of aliphatic hydroxyl groups is 1. The molecule has 0 fully saturated rings. The molecule has 4 heteroatoms. The van der Waals surface area contributed by atoms with E-state index in [1.807, 2.05) is 12.3 Å². The van der Waals surface area contributed by atoms with Crippen molar-refractivity contribution in [3.05, 3.63) is 34.9 Å². The number of hydrogen-bond donors (Lipinski definition) is 2. The SMILES string of the molecule is OCCCCCCNc1cccc2cc(Br)cnc12. The van der Waals surface area contributed by atoms with E-state index in [1.54, 1.807) is 0 Å². The van der Waals surface area contributed by atoms with Crippen molar-refractivity contribution in [2.45, 2.75) is 25.7 Å². The number of rotatable bonds is 7. The normalized spacial score (nSPS) is 10.8. The van der Waals surface area contributed by atoms with Crippen molar-refractivity contribution in [3.8, 4) is 0 Å². The molecule has 2 rings (SSSR count). The summed E-state index contributed by atoms with van der Waals surface area (Å²) in [5.74, 6) is 0. The van der Waals surface area contributed by atoms with Crippen molar-refractivity contribution in [2.24, 2.45) is 0 Å². The maximum Gasteiger partial charge on any atom is 0.0934 e. The highest BCUT2D eigenvalue weighted by molar-refractivity contribution is 9.10. The number of pyridine rings is 1. The zero-order valence-electron chi connectivity index (χ0n) is 10.9. The molecule has 19 heavy (non-hydrogen) atoms. The van der Waals surface area contributed by atoms with E-state index in [2.05, 4.69) is 44.4 Å². The molecule has 2 aromatic rings. The van der Waals surface area contributed by atoms with Gasteiger partial charge in [-0.3, -0.25) is 4.98 Å². The maximum atomic E-state index is 8.71. The molecule has 0 amide bonds. The first-order valence-electron chi connectivity index (χ1n) is 6.70. The lowest BCUT2D eigenvalue weighted by Gasteiger charge is -2.09. The van der Waals surface area contributed by atoms with Gasteiger partial charge in [0.25, 0.3) is 0 Å². The number of anilines is 1. The minimum absolute atomic E-state index is 0.301. The van der Waals surface area contributed by atoms with Gasteiger partial charge in [-0.15, -0.1) is 0 Å². The summed E-state index contributed by atoms with van der Waals surface area (Å²) in [4.78, 5) is 4.47. The van der Waals surface area contributed by atoms with Crippen molar-refractivity contribution >= 4 is 32.5 Å². The Balaban J connectivity index is 1.93. The van der Waals surface area contributed by atoms with Crippen molar-refractivity contribution in [3.63, 3.8) is 0 Å². The number of unbranched alkanes of at least 4 members (excludes halogenated alkanes) is 3. The van der Waals surface area contributed by atoms with Crippen LogP contribution in [0.2, 0.25) is 0 Å². The van der Waals surface area contributed by atoms with Gasteiger partial charge in [-0.25, -0.2) is 0 Å². The standard InChI is InChI=1S/C15H19BrN2O/c16-13-10-12-6-5-7-14(15(12)18-11-13)17-8-3-1-2-4-9-19/h5-7,10-11,17,19H,1-4,8-9H2. The van der Waals surface area contributed by atoms with Crippen LogP contribution in [0.4, 0.5) is 5.69 Å². The van der Waals surface area contributed by atoms with Gasteiger partial charge in [-0.2, -0.15) is 0 Å². The highest BCUT2D eigenvalue weighted by Gasteiger charge is 2.02. The minimum atomic E-state index is 0.301. The Morgan fingerprint density at radius 3 is 2.84 bits per heavy atom. The van der Waals surface area contributed by atoms with Crippen molar-refractivity contribution in [1.82, 2.24) is 4.98 Å². The monoisotopic (exact) mass is 322 g/mol. The predicted octanol–water partition coefficient (Wildman–Crippen LogP) is 3.96. The van der Waals surface area contributed by atoms with Gasteiger partial charge in [0.05, 0.1) is 11.2 Å². The molecule has 0 atom stereocenters. The summed E-state index contributed by atoms with van der Waals surface area (Å²) >= 11 is 3.44. The topological polar surface area (TPSA) is 45.1 Å². The fourth-order valence-corrected chi connectivity index (χ4v) is 2.44. The van der Waals surface area contributed by atoms with Crippen LogP contribution in [0.25, 0.3) is 10.9 Å². The van der Waals surface area contributed by atoms with E-state index < -0.39 is 0 Å². The van der Waals surface area contributed by atoms with E-state index in [1.165, 1.54) is 0 Å². The molecule has 1 heterocycles. The van der Waals surface area contributed by atoms with Gasteiger partial charge in [-0.05, 0) is 40.9 Å². The molecule has 0 aliphatic heterocycles. The molecule has 0 saturated heterocycles. The number of halogens is 1. The molecule has 102 valence electrons. The largest absolute Gasteiger partial charge is 0.396 e. The highest BCUT2D eigenvalue weighted by atomic mass is 79.9. The average molecular weight is 323 g/mol.